The van der Waals surface area contributed by atoms with Crippen LogP contribution in [0.4, 0.5) is 0 Å². The highest BCUT2D eigenvalue weighted by Gasteiger charge is 2.32. The molecule has 1 N–H and O–H groups in total. The van der Waals surface area contributed by atoms with Crippen LogP contribution in [-0.2, 0) is 4.79 Å². The Morgan fingerprint density at radius 2 is 1.60 bits per heavy atom. The molecule has 6 heteroatoms. The summed E-state index contributed by atoms with van der Waals surface area (Å²) >= 11 is 15.8. The van der Waals surface area contributed by atoms with Gasteiger partial charge in [-0.2, -0.15) is 0 Å². The number of rotatable bonds is 1. The zero-order valence-corrected chi connectivity index (χ0v) is 9.60. The van der Waals surface area contributed by atoms with E-state index in [0.717, 1.165) is 0 Å². The molecule has 0 bridgehead atoms. The van der Waals surface area contributed by atoms with Gasteiger partial charge in [0.1, 0.15) is 0 Å². The van der Waals surface area contributed by atoms with Crippen molar-refractivity contribution in [2.75, 3.05) is 0 Å². The Labute approximate surface area is 101 Å². The molecule has 0 radical (unpaired) electrons. The lowest BCUT2D eigenvalue weighted by Crippen LogP contribution is -2.38. The van der Waals surface area contributed by atoms with E-state index in [1.807, 2.05) is 5.32 Å². The van der Waals surface area contributed by atoms with E-state index in [1.54, 1.807) is 30.3 Å². The lowest BCUT2D eigenvalue weighted by molar-refractivity contribution is -0.119. The lowest BCUT2D eigenvalue weighted by Gasteiger charge is -2.09. The van der Waals surface area contributed by atoms with Gasteiger partial charge in [-0.15, -0.1) is 0 Å². The van der Waals surface area contributed by atoms with Crippen molar-refractivity contribution in [2.45, 2.75) is 3.79 Å². The van der Waals surface area contributed by atoms with Crippen LogP contribution in [-0.4, -0.2) is 15.6 Å². The van der Waals surface area contributed by atoms with Gasteiger partial charge in [0.05, 0.1) is 0 Å². The molecule has 1 aromatic carbocycles. The van der Waals surface area contributed by atoms with Crippen molar-refractivity contribution in [3.8, 4) is 0 Å². The van der Waals surface area contributed by atoms with Crippen LogP contribution in [0.5, 0.6) is 0 Å². The van der Waals surface area contributed by atoms with Crippen molar-refractivity contribution in [1.82, 2.24) is 5.32 Å². The van der Waals surface area contributed by atoms with Gasteiger partial charge in [-0.25, -0.2) is 0 Å². The monoisotopic (exact) mass is 265 g/mol. The number of nitrogens with one attached hydrogen (secondary N) is 1. The van der Waals surface area contributed by atoms with E-state index in [0.29, 0.717) is 5.56 Å². The molecule has 0 aliphatic heterocycles. The molecule has 15 heavy (non-hydrogen) atoms. The number of hydrogen-bond acceptors (Lipinski definition) is 2. The number of hydrogen-bond donors (Lipinski definition) is 1. The smallest absolute Gasteiger partial charge is 0.278 e. The second-order valence-corrected chi connectivity index (χ2v) is 4.93. The summed E-state index contributed by atoms with van der Waals surface area (Å²) in [4.78, 5) is 22.5. The zero-order chi connectivity index (χ0) is 11.5. The Bertz CT molecular complexity index is 373. The summed E-state index contributed by atoms with van der Waals surface area (Å²) in [5, 5.41) is 1.96. The number of carbonyl (C=O) groups is 2. The summed E-state index contributed by atoms with van der Waals surface area (Å²) in [6, 6.07) is 8.15. The van der Waals surface area contributed by atoms with E-state index in [-0.39, 0.29) is 0 Å². The standard InChI is InChI=1S/C9H6Cl3NO2/c10-9(11,12)8(15)13-7(14)6-4-2-1-3-5-6/h1-5H,(H,13,14,15). The quantitative estimate of drug-likeness (QED) is 0.793. The third kappa shape index (κ3) is 3.70. The van der Waals surface area contributed by atoms with Crippen LogP contribution in [0, 0.1) is 0 Å². The van der Waals surface area contributed by atoms with Gasteiger partial charge in [0.15, 0.2) is 0 Å². The third-order valence-electron chi connectivity index (χ3n) is 1.52. The summed E-state index contributed by atoms with van der Waals surface area (Å²) in [7, 11) is 0. The summed E-state index contributed by atoms with van der Waals surface area (Å²) in [5.74, 6) is -1.58. The summed E-state index contributed by atoms with van der Waals surface area (Å²) in [5.41, 5.74) is 0.320. The Kier molecular flexibility index (Phi) is 3.97. The fourth-order valence-corrected chi connectivity index (χ4v) is 0.977. The normalized spacial score (nSPS) is 10.9. The first kappa shape index (κ1) is 12.3. The number of carbonyl (C=O) groups excluding carboxylic acids is 2. The van der Waals surface area contributed by atoms with Gasteiger partial charge in [-0.1, -0.05) is 53.0 Å². The summed E-state index contributed by atoms with van der Waals surface area (Å²) < 4.78 is -2.13. The van der Waals surface area contributed by atoms with Crippen molar-refractivity contribution in [1.29, 1.82) is 0 Å². The van der Waals surface area contributed by atoms with E-state index >= 15 is 0 Å². The first-order chi connectivity index (χ1) is 6.91. The molecular formula is C9H6Cl3NO2. The molecule has 0 saturated carbocycles. The minimum atomic E-state index is -2.13. The first-order valence-electron chi connectivity index (χ1n) is 3.89. The Morgan fingerprint density at radius 3 is 2.07 bits per heavy atom. The molecule has 1 aromatic rings. The third-order valence-corrected chi connectivity index (χ3v) is 2.04. The molecular weight excluding hydrogens is 260 g/mol. The topological polar surface area (TPSA) is 46.2 Å². The second-order valence-electron chi connectivity index (χ2n) is 2.65. The van der Waals surface area contributed by atoms with Gasteiger partial charge in [-0.05, 0) is 12.1 Å². The predicted molar refractivity (Wildman–Crippen MR) is 59.2 cm³/mol. The van der Waals surface area contributed by atoms with Crippen LogP contribution in [0.25, 0.3) is 0 Å². The van der Waals surface area contributed by atoms with E-state index in [2.05, 4.69) is 0 Å². The second kappa shape index (κ2) is 4.84. The summed E-state index contributed by atoms with van der Waals surface area (Å²) in [6.07, 6.45) is 0. The number of imide groups is 1. The highest BCUT2D eigenvalue weighted by molar-refractivity contribution is 6.76. The SMILES string of the molecule is O=C(NC(=O)C(Cl)(Cl)Cl)c1ccccc1. The van der Waals surface area contributed by atoms with Crippen molar-refractivity contribution in [3.05, 3.63) is 35.9 Å². The average Bonchev–Trinajstić information content (AvgIpc) is 2.17. The highest BCUT2D eigenvalue weighted by atomic mass is 35.6. The maximum absolute atomic E-state index is 11.4. The van der Waals surface area contributed by atoms with E-state index in [1.165, 1.54) is 0 Å². The molecule has 1 rings (SSSR count). The molecule has 0 fully saturated rings. The van der Waals surface area contributed by atoms with Crippen molar-refractivity contribution >= 4 is 46.6 Å². The minimum absolute atomic E-state index is 0.320. The van der Waals surface area contributed by atoms with Gasteiger partial charge < -0.3 is 0 Å². The van der Waals surface area contributed by atoms with Crippen LogP contribution < -0.4 is 5.32 Å². The molecule has 0 heterocycles. The molecule has 0 atom stereocenters. The summed E-state index contributed by atoms with van der Waals surface area (Å²) in [6.45, 7) is 0. The van der Waals surface area contributed by atoms with Crippen LogP contribution in [0.15, 0.2) is 30.3 Å². The predicted octanol–water partition coefficient (Wildman–Crippen LogP) is 2.31. The number of alkyl halides is 3. The fraction of sp³-hybridized carbons (Fsp3) is 0.111. The molecule has 0 saturated heterocycles. The Hall–Kier alpha value is -0.770. The van der Waals surface area contributed by atoms with Crippen molar-refractivity contribution < 1.29 is 9.59 Å². The molecule has 0 unspecified atom stereocenters. The highest BCUT2D eigenvalue weighted by Crippen LogP contribution is 2.25. The maximum Gasteiger partial charge on any atom is 0.278 e. The molecule has 2 amide bonds. The van der Waals surface area contributed by atoms with Crippen LogP contribution >= 0.6 is 34.8 Å². The molecule has 0 aliphatic carbocycles. The van der Waals surface area contributed by atoms with Crippen molar-refractivity contribution in [3.63, 3.8) is 0 Å². The van der Waals surface area contributed by atoms with Crippen LogP contribution in [0.2, 0.25) is 0 Å². The van der Waals surface area contributed by atoms with E-state index in [4.69, 9.17) is 34.8 Å². The van der Waals surface area contributed by atoms with Gasteiger partial charge in [-0.3, -0.25) is 14.9 Å². The van der Waals surface area contributed by atoms with Gasteiger partial charge in [0.25, 0.3) is 15.6 Å². The van der Waals surface area contributed by atoms with Crippen LogP contribution in [0.1, 0.15) is 10.4 Å². The number of amides is 2. The Balaban J connectivity index is 2.70. The number of halogens is 3. The maximum atomic E-state index is 11.4. The zero-order valence-electron chi connectivity index (χ0n) is 7.34. The van der Waals surface area contributed by atoms with E-state index in [9.17, 15) is 9.59 Å². The molecule has 0 aliphatic rings. The van der Waals surface area contributed by atoms with Crippen LogP contribution in [0.3, 0.4) is 0 Å². The van der Waals surface area contributed by atoms with Gasteiger partial charge in [0.2, 0.25) is 0 Å². The molecule has 3 nitrogen and oxygen atoms in total. The van der Waals surface area contributed by atoms with Crippen molar-refractivity contribution in [2.24, 2.45) is 0 Å². The van der Waals surface area contributed by atoms with Gasteiger partial charge in [0, 0.05) is 5.56 Å². The molecule has 80 valence electrons. The van der Waals surface area contributed by atoms with E-state index < -0.39 is 15.6 Å². The fourth-order valence-electron chi connectivity index (χ4n) is 0.836. The molecule has 0 spiro atoms. The molecule has 0 aromatic heterocycles. The largest absolute Gasteiger partial charge is 0.289 e. The number of benzene rings is 1. The Morgan fingerprint density at radius 1 is 1.07 bits per heavy atom. The first-order valence-corrected chi connectivity index (χ1v) is 5.02. The minimum Gasteiger partial charge on any atom is -0.289 e. The lowest BCUT2D eigenvalue weighted by atomic mass is 10.2. The van der Waals surface area contributed by atoms with Gasteiger partial charge >= 0.3 is 0 Å². The average molecular weight is 267 g/mol.